The predicted molar refractivity (Wildman–Crippen MR) is 91.7 cm³/mol. The highest BCUT2D eigenvalue weighted by atomic mass is 16.5. The predicted octanol–water partition coefficient (Wildman–Crippen LogP) is 4.13. The van der Waals surface area contributed by atoms with E-state index in [2.05, 4.69) is 25.3 Å². The smallest absolute Gasteiger partial charge is 0.202 e. The molecule has 0 radical (unpaired) electrons. The quantitative estimate of drug-likeness (QED) is 0.779. The van der Waals surface area contributed by atoms with Crippen molar-refractivity contribution in [2.24, 2.45) is 0 Å². The Balaban J connectivity index is 2.12. The zero-order valence-corrected chi connectivity index (χ0v) is 14.8. The molecule has 124 valence electrons. The summed E-state index contributed by atoms with van der Waals surface area (Å²) in [4.78, 5) is 12.5. The number of methoxy groups -OCH3 is 1. The maximum Gasteiger partial charge on any atom is 0.202 e. The van der Waals surface area contributed by atoms with Crippen LogP contribution in [0.15, 0.2) is 30.3 Å². The van der Waals surface area contributed by atoms with E-state index in [1.165, 1.54) is 0 Å². The van der Waals surface area contributed by atoms with Crippen LogP contribution in [-0.2, 0) is 5.54 Å². The van der Waals surface area contributed by atoms with Crippen molar-refractivity contribution in [3.63, 3.8) is 0 Å². The molecule has 1 heterocycles. The number of hydrogen-bond acceptors (Lipinski definition) is 3. The van der Waals surface area contributed by atoms with Crippen molar-refractivity contribution in [3.8, 4) is 11.5 Å². The lowest BCUT2D eigenvalue weighted by Crippen LogP contribution is -2.24. The molecule has 2 rings (SSSR count). The molecule has 0 spiro atoms. The van der Waals surface area contributed by atoms with Gasteiger partial charge in [-0.1, -0.05) is 0 Å². The van der Waals surface area contributed by atoms with E-state index in [4.69, 9.17) is 9.47 Å². The van der Waals surface area contributed by atoms with Crippen LogP contribution in [0.4, 0.5) is 0 Å². The Labute approximate surface area is 138 Å². The molecule has 0 fully saturated rings. The number of rotatable bonds is 5. The van der Waals surface area contributed by atoms with Crippen molar-refractivity contribution < 1.29 is 14.3 Å². The maximum absolute atomic E-state index is 12.5. The van der Waals surface area contributed by atoms with E-state index in [0.29, 0.717) is 5.75 Å². The lowest BCUT2D eigenvalue weighted by Gasteiger charge is -2.25. The summed E-state index contributed by atoms with van der Waals surface area (Å²) in [5.41, 5.74) is 2.75. The van der Waals surface area contributed by atoms with Crippen LogP contribution in [-0.4, -0.2) is 24.1 Å². The normalized spacial score (nSPS) is 11.4. The summed E-state index contributed by atoms with van der Waals surface area (Å²) < 4.78 is 12.9. The van der Waals surface area contributed by atoms with Crippen LogP contribution in [0.5, 0.6) is 11.5 Å². The highest BCUT2D eigenvalue weighted by Gasteiger charge is 2.22. The largest absolute Gasteiger partial charge is 0.497 e. The number of carbonyl (C=O) groups is 1. The molecule has 0 aliphatic carbocycles. The third-order valence-electron chi connectivity index (χ3n) is 3.83. The fourth-order valence-corrected chi connectivity index (χ4v) is 2.98. The molecule has 0 atom stereocenters. The summed E-state index contributed by atoms with van der Waals surface area (Å²) in [6.07, 6.45) is 0. The van der Waals surface area contributed by atoms with E-state index in [1.54, 1.807) is 19.2 Å². The highest BCUT2D eigenvalue weighted by Crippen LogP contribution is 2.25. The molecule has 4 nitrogen and oxygen atoms in total. The zero-order valence-electron chi connectivity index (χ0n) is 14.8. The number of benzene rings is 1. The molecule has 4 heteroatoms. The van der Waals surface area contributed by atoms with Gasteiger partial charge >= 0.3 is 0 Å². The van der Waals surface area contributed by atoms with Crippen molar-refractivity contribution in [1.29, 1.82) is 0 Å². The number of Topliss-reactive ketones (excluding diaryl/α,β-unsaturated/α-hetero) is 1. The number of carbonyl (C=O) groups excluding carboxylic acids is 1. The van der Waals surface area contributed by atoms with Gasteiger partial charge in [-0.15, -0.1) is 0 Å². The number of nitrogens with zero attached hydrogens (tertiary/aromatic N) is 1. The number of aryl methyl sites for hydroxylation is 1. The third-order valence-corrected chi connectivity index (χ3v) is 3.83. The number of ketones is 1. The Morgan fingerprint density at radius 3 is 2.13 bits per heavy atom. The first-order valence-electron chi connectivity index (χ1n) is 7.73. The molecular weight excluding hydrogens is 290 g/mol. The van der Waals surface area contributed by atoms with Crippen LogP contribution in [0.3, 0.4) is 0 Å². The van der Waals surface area contributed by atoms with E-state index in [1.807, 2.05) is 32.0 Å². The van der Waals surface area contributed by atoms with E-state index in [9.17, 15) is 4.79 Å². The Morgan fingerprint density at radius 2 is 1.65 bits per heavy atom. The number of hydrogen-bond donors (Lipinski definition) is 0. The number of aromatic nitrogens is 1. The van der Waals surface area contributed by atoms with Gasteiger partial charge < -0.3 is 14.0 Å². The van der Waals surface area contributed by atoms with E-state index >= 15 is 0 Å². The summed E-state index contributed by atoms with van der Waals surface area (Å²) in [5, 5.41) is 0. The molecule has 1 aromatic heterocycles. The first-order valence-corrected chi connectivity index (χ1v) is 7.73. The van der Waals surface area contributed by atoms with Gasteiger partial charge in [-0.05, 0) is 65.0 Å². The van der Waals surface area contributed by atoms with Crippen molar-refractivity contribution in [2.45, 2.75) is 40.2 Å². The Morgan fingerprint density at radius 1 is 1.09 bits per heavy atom. The maximum atomic E-state index is 12.5. The second kappa shape index (κ2) is 6.49. The highest BCUT2D eigenvalue weighted by molar-refractivity contribution is 5.98. The summed E-state index contributed by atoms with van der Waals surface area (Å²) in [6, 6.07) is 9.16. The minimum Gasteiger partial charge on any atom is -0.497 e. The summed E-state index contributed by atoms with van der Waals surface area (Å²) >= 11 is 0. The number of ether oxygens (including phenoxy) is 2. The molecular formula is C19H25NO3. The SMILES string of the molecule is COc1ccc(OCC(=O)c2cc(C)n(C(C)(C)C)c2C)cc1. The second-order valence-electron chi connectivity index (χ2n) is 6.68. The average molecular weight is 315 g/mol. The van der Waals surface area contributed by atoms with Crippen molar-refractivity contribution in [3.05, 3.63) is 47.3 Å². The molecule has 0 amide bonds. The lowest BCUT2D eigenvalue weighted by atomic mass is 10.1. The van der Waals surface area contributed by atoms with E-state index < -0.39 is 0 Å². The summed E-state index contributed by atoms with van der Waals surface area (Å²) in [7, 11) is 1.62. The van der Waals surface area contributed by atoms with Crippen LogP contribution in [0.25, 0.3) is 0 Å². The Bertz CT molecular complexity index is 691. The molecule has 0 unspecified atom stereocenters. The average Bonchev–Trinajstić information content (AvgIpc) is 2.80. The molecule has 1 aromatic carbocycles. The first kappa shape index (κ1) is 17.1. The molecule has 0 bridgehead atoms. The van der Waals surface area contributed by atoms with E-state index in [-0.39, 0.29) is 17.9 Å². The monoisotopic (exact) mass is 315 g/mol. The third kappa shape index (κ3) is 3.76. The van der Waals surface area contributed by atoms with Crippen LogP contribution in [0, 0.1) is 13.8 Å². The minimum absolute atomic E-state index is 0.00980. The van der Waals surface area contributed by atoms with Gasteiger partial charge in [0.25, 0.3) is 0 Å². The molecule has 0 saturated heterocycles. The van der Waals surface area contributed by atoms with Gasteiger partial charge in [0.1, 0.15) is 11.5 Å². The summed E-state index contributed by atoms with van der Waals surface area (Å²) in [6.45, 7) is 10.4. The van der Waals surface area contributed by atoms with Gasteiger partial charge in [-0.2, -0.15) is 0 Å². The van der Waals surface area contributed by atoms with Gasteiger partial charge in [0.15, 0.2) is 6.61 Å². The Kier molecular flexibility index (Phi) is 4.83. The van der Waals surface area contributed by atoms with Crippen molar-refractivity contribution in [2.75, 3.05) is 13.7 Å². The second-order valence-corrected chi connectivity index (χ2v) is 6.68. The van der Waals surface area contributed by atoms with Crippen molar-refractivity contribution >= 4 is 5.78 Å². The molecule has 0 N–H and O–H groups in total. The molecule has 0 aliphatic rings. The topological polar surface area (TPSA) is 40.5 Å². The lowest BCUT2D eigenvalue weighted by molar-refractivity contribution is 0.0920. The first-order chi connectivity index (χ1) is 10.7. The molecule has 0 saturated carbocycles. The van der Waals surface area contributed by atoms with Crippen LogP contribution in [0.1, 0.15) is 42.5 Å². The van der Waals surface area contributed by atoms with Gasteiger partial charge in [-0.25, -0.2) is 0 Å². The van der Waals surface area contributed by atoms with Crippen molar-refractivity contribution in [1.82, 2.24) is 4.57 Å². The van der Waals surface area contributed by atoms with Crippen LogP contribution >= 0.6 is 0 Å². The zero-order chi connectivity index (χ0) is 17.2. The van der Waals surface area contributed by atoms with E-state index in [0.717, 1.165) is 22.7 Å². The van der Waals surface area contributed by atoms with Crippen LogP contribution < -0.4 is 9.47 Å². The molecule has 0 aliphatic heterocycles. The van der Waals surface area contributed by atoms with Gasteiger partial charge in [0, 0.05) is 22.5 Å². The minimum atomic E-state index is -0.0520. The molecule has 23 heavy (non-hydrogen) atoms. The standard InChI is InChI=1S/C19H25NO3/c1-13-11-17(14(2)20(13)19(3,4)5)18(21)12-23-16-9-7-15(22-6)8-10-16/h7-11H,12H2,1-6H3. The van der Waals surface area contributed by atoms with Gasteiger partial charge in [0.05, 0.1) is 7.11 Å². The summed E-state index contributed by atoms with van der Waals surface area (Å²) in [5.74, 6) is 1.41. The Hall–Kier alpha value is -2.23. The fraction of sp³-hybridized carbons (Fsp3) is 0.421. The van der Waals surface area contributed by atoms with Gasteiger partial charge in [-0.3, -0.25) is 4.79 Å². The van der Waals surface area contributed by atoms with Crippen LogP contribution in [0.2, 0.25) is 0 Å². The van der Waals surface area contributed by atoms with Gasteiger partial charge in [0.2, 0.25) is 5.78 Å². The molecule has 2 aromatic rings. The fourth-order valence-electron chi connectivity index (χ4n) is 2.98.